The fourth-order valence-corrected chi connectivity index (χ4v) is 3.15. The summed E-state index contributed by atoms with van der Waals surface area (Å²) in [6, 6.07) is 8.36. The van der Waals surface area contributed by atoms with E-state index in [9.17, 15) is 4.79 Å². The summed E-state index contributed by atoms with van der Waals surface area (Å²) in [6.45, 7) is 3.35. The Hall–Kier alpha value is -3.42. The van der Waals surface area contributed by atoms with Crippen LogP contribution in [0.5, 0.6) is 0 Å². The highest BCUT2D eigenvalue weighted by molar-refractivity contribution is 5.97. The molecule has 0 unspecified atom stereocenters. The molecule has 1 aliphatic rings. The van der Waals surface area contributed by atoms with Crippen LogP contribution in [0.15, 0.2) is 42.9 Å². The first-order chi connectivity index (χ1) is 13.6. The minimum Gasteiger partial charge on any atom is -0.365 e. The van der Waals surface area contributed by atoms with Crippen molar-refractivity contribution >= 4 is 23.4 Å². The maximum absolute atomic E-state index is 11.8. The monoisotopic (exact) mass is 377 g/mol. The van der Waals surface area contributed by atoms with Gasteiger partial charge in [-0.2, -0.15) is 10.1 Å². The molecular weight excluding hydrogens is 354 g/mol. The van der Waals surface area contributed by atoms with Crippen molar-refractivity contribution in [1.82, 2.24) is 19.7 Å². The van der Waals surface area contributed by atoms with Gasteiger partial charge in [0.1, 0.15) is 5.82 Å². The molecule has 8 heteroatoms. The van der Waals surface area contributed by atoms with Crippen molar-refractivity contribution in [1.29, 1.82) is 0 Å². The second kappa shape index (κ2) is 7.67. The first kappa shape index (κ1) is 18.0. The van der Waals surface area contributed by atoms with E-state index in [0.29, 0.717) is 24.2 Å². The number of hydrogen-bond acceptors (Lipinski definition) is 6. The third-order valence-electron chi connectivity index (χ3n) is 4.79. The minimum atomic E-state index is -0.566. The van der Waals surface area contributed by atoms with Gasteiger partial charge in [-0.1, -0.05) is 24.3 Å². The lowest BCUT2D eigenvalue weighted by atomic mass is 10.0. The van der Waals surface area contributed by atoms with Crippen LogP contribution < -0.4 is 16.4 Å². The van der Waals surface area contributed by atoms with Crippen molar-refractivity contribution < 1.29 is 4.79 Å². The predicted octanol–water partition coefficient (Wildman–Crippen LogP) is 3.03. The van der Waals surface area contributed by atoms with E-state index in [2.05, 4.69) is 43.9 Å². The summed E-state index contributed by atoms with van der Waals surface area (Å²) in [5.41, 5.74) is 9.11. The van der Waals surface area contributed by atoms with Crippen LogP contribution in [0.4, 0.5) is 17.5 Å². The first-order valence-electron chi connectivity index (χ1n) is 9.42. The molecule has 144 valence electrons. The van der Waals surface area contributed by atoms with Crippen molar-refractivity contribution in [2.75, 3.05) is 10.6 Å². The van der Waals surface area contributed by atoms with E-state index < -0.39 is 5.91 Å². The zero-order valence-corrected chi connectivity index (χ0v) is 15.7. The number of hydrogen-bond donors (Lipinski definition) is 3. The zero-order chi connectivity index (χ0) is 19.5. The number of primary amides is 1. The summed E-state index contributed by atoms with van der Waals surface area (Å²) >= 11 is 0. The Morgan fingerprint density at radius 1 is 1.29 bits per heavy atom. The van der Waals surface area contributed by atoms with Gasteiger partial charge in [-0.15, -0.1) is 0 Å². The number of nitrogens with one attached hydrogen (secondary N) is 2. The van der Waals surface area contributed by atoms with Crippen LogP contribution in [0.3, 0.4) is 0 Å². The topological polar surface area (TPSA) is 111 Å². The second-order valence-electron chi connectivity index (χ2n) is 6.86. The number of carbonyl (C=O) groups excluding carboxylic acids is 1. The third kappa shape index (κ3) is 3.95. The number of nitrogens with zero attached hydrogens (tertiary/aromatic N) is 4. The van der Waals surface area contributed by atoms with E-state index in [-0.39, 0.29) is 5.56 Å². The lowest BCUT2D eigenvalue weighted by molar-refractivity contribution is 0.100. The van der Waals surface area contributed by atoms with Gasteiger partial charge in [0, 0.05) is 25.5 Å². The molecule has 4 N–H and O–H groups in total. The molecule has 2 heterocycles. The Kier molecular flexibility index (Phi) is 4.92. The summed E-state index contributed by atoms with van der Waals surface area (Å²) in [6.07, 6.45) is 7.47. The van der Waals surface area contributed by atoms with Crippen LogP contribution >= 0.6 is 0 Å². The van der Waals surface area contributed by atoms with Crippen LogP contribution in [-0.4, -0.2) is 25.7 Å². The van der Waals surface area contributed by atoms with Crippen LogP contribution in [0.2, 0.25) is 0 Å². The maximum Gasteiger partial charge on any atom is 0.254 e. The third-order valence-corrected chi connectivity index (χ3v) is 4.79. The molecular formula is C20H23N7O. The Bertz CT molecular complexity index is 994. The summed E-state index contributed by atoms with van der Waals surface area (Å²) in [4.78, 5) is 20.5. The van der Waals surface area contributed by atoms with Gasteiger partial charge in [0.15, 0.2) is 0 Å². The van der Waals surface area contributed by atoms with Gasteiger partial charge < -0.3 is 16.4 Å². The number of rotatable bonds is 8. The van der Waals surface area contributed by atoms with Gasteiger partial charge in [0.25, 0.3) is 5.91 Å². The predicted molar refractivity (Wildman–Crippen MR) is 107 cm³/mol. The van der Waals surface area contributed by atoms with Gasteiger partial charge >= 0.3 is 0 Å². The summed E-state index contributed by atoms with van der Waals surface area (Å²) in [5, 5.41) is 10.6. The lowest BCUT2D eigenvalue weighted by Crippen LogP contribution is -2.17. The van der Waals surface area contributed by atoms with Gasteiger partial charge in [0.05, 0.1) is 17.4 Å². The van der Waals surface area contributed by atoms with Gasteiger partial charge in [-0.3, -0.25) is 9.48 Å². The molecule has 1 fully saturated rings. The van der Waals surface area contributed by atoms with Crippen LogP contribution in [0, 0.1) is 0 Å². The average Bonchev–Trinajstić information content (AvgIpc) is 3.45. The Labute approximate surface area is 163 Å². The molecule has 0 radical (unpaired) electrons. The van der Waals surface area contributed by atoms with E-state index in [1.807, 2.05) is 19.2 Å². The molecule has 0 spiro atoms. The molecule has 2 aromatic heterocycles. The lowest BCUT2D eigenvalue weighted by Gasteiger charge is -2.13. The molecule has 0 saturated heterocycles. The van der Waals surface area contributed by atoms with Crippen LogP contribution in [0.1, 0.15) is 47.2 Å². The van der Waals surface area contributed by atoms with Crippen molar-refractivity contribution in [2.24, 2.45) is 5.73 Å². The van der Waals surface area contributed by atoms with Crippen molar-refractivity contribution in [3.8, 4) is 0 Å². The quantitative estimate of drug-likeness (QED) is 0.556. The largest absolute Gasteiger partial charge is 0.365 e. The highest BCUT2D eigenvalue weighted by atomic mass is 16.1. The molecule has 0 bridgehead atoms. The standard InChI is InChI=1S/C20H23N7O/c1-2-27-12-15(10-24-27)25-20-23-11-17(18(21)28)19(26-20)22-9-14-5-3-4-6-16(14)13-7-8-13/h3-6,10-13H,2,7-9H2,1H3,(H2,21,28)(H2,22,23,25,26). The molecule has 1 aliphatic carbocycles. The van der Waals surface area contributed by atoms with E-state index in [4.69, 9.17) is 5.73 Å². The highest BCUT2D eigenvalue weighted by Crippen LogP contribution is 2.41. The maximum atomic E-state index is 11.8. The van der Waals surface area contributed by atoms with Crippen molar-refractivity contribution in [2.45, 2.75) is 38.8 Å². The number of aromatic nitrogens is 4. The van der Waals surface area contributed by atoms with E-state index >= 15 is 0 Å². The molecule has 3 aromatic rings. The Morgan fingerprint density at radius 2 is 2.11 bits per heavy atom. The molecule has 1 aromatic carbocycles. The van der Waals surface area contributed by atoms with E-state index in [1.54, 1.807) is 10.9 Å². The van der Waals surface area contributed by atoms with Gasteiger partial charge in [0.2, 0.25) is 5.95 Å². The zero-order valence-electron chi connectivity index (χ0n) is 15.7. The molecule has 4 rings (SSSR count). The fraction of sp³-hybridized carbons (Fsp3) is 0.300. The SMILES string of the molecule is CCn1cc(Nc2ncc(C(N)=O)c(NCc3ccccc3C3CC3)n2)cn1. The first-order valence-corrected chi connectivity index (χ1v) is 9.42. The minimum absolute atomic E-state index is 0.263. The van der Waals surface area contributed by atoms with Gasteiger partial charge in [-0.05, 0) is 36.8 Å². The normalized spacial score (nSPS) is 13.3. The summed E-state index contributed by atoms with van der Waals surface area (Å²) in [7, 11) is 0. The number of nitrogens with two attached hydrogens (primary N) is 1. The fourth-order valence-electron chi connectivity index (χ4n) is 3.15. The van der Waals surface area contributed by atoms with E-state index in [1.165, 1.54) is 30.2 Å². The molecule has 0 aliphatic heterocycles. The molecule has 8 nitrogen and oxygen atoms in total. The van der Waals surface area contributed by atoms with E-state index in [0.717, 1.165) is 12.2 Å². The van der Waals surface area contributed by atoms with Crippen LogP contribution in [0.25, 0.3) is 0 Å². The number of carbonyl (C=O) groups is 1. The number of benzene rings is 1. The Balaban J connectivity index is 1.55. The smallest absolute Gasteiger partial charge is 0.254 e. The van der Waals surface area contributed by atoms with Crippen molar-refractivity contribution in [3.63, 3.8) is 0 Å². The molecule has 0 atom stereocenters. The molecule has 1 amide bonds. The average molecular weight is 377 g/mol. The van der Waals surface area contributed by atoms with Crippen molar-refractivity contribution in [3.05, 3.63) is 59.5 Å². The molecule has 1 saturated carbocycles. The van der Waals surface area contributed by atoms with Crippen LogP contribution in [-0.2, 0) is 13.1 Å². The molecule has 28 heavy (non-hydrogen) atoms. The highest BCUT2D eigenvalue weighted by Gasteiger charge is 2.25. The second-order valence-corrected chi connectivity index (χ2v) is 6.86. The number of anilines is 3. The number of amides is 1. The summed E-state index contributed by atoms with van der Waals surface area (Å²) < 4.78 is 1.80. The van der Waals surface area contributed by atoms with Gasteiger partial charge in [-0.25, -0.2) is 4.98 Å². The summed E-state index contributed by atoms with van der Waals surface area (Å²) in [5.74, 6) is 0.867. The number of aryl methyl sites for hydroxylation is 1. The Morgan fingerprint density at radius 3 is 2.82 bits per heavy atom.